The van der Waals surface area contributed by atoms with E-state index in [-0.39, 0.29) is 5.41 Å². The first kappa shape index (κ1) is 11.9. The molecule has 4 nitrogen and oxygen atoms in total. The van der Waals surface area contributed by atoms with E-state index in [1.54, 1.807) is 0 Å². The second kappa shape index (κ2) is 4.84. The van der Waals surface area contributed by atoms with Gasteiger partial charge in [-0.3, -0.25) is 10.1 Å². The maximum Gasteiger partial charge on any atom is 0.413 e. The molecule has 0 fully saturated rings. The number of ether oxygens (including phenoxy) is 1. The van der Waals surface area contributed by atoms with Crippen molar-refractivity contribution < 1.29 is 14.3 Å². The van der Waals surface area contributed by atoms with Gasteiger partial charge in [0.25, 0.3) is 0 Å². The Kier molecular flexibility index (Phi) is 4.45. The lowest BCUT2D eigenvalue weighted by Gasteiger charge is -2.17. The van der Waals surface area contributed by atoms with Gasteiger partial charge in [0.1, 0.15) is 0 Å². The highest BCUT2D eigenvalue weighted by Crippen LogP contribution is 2.17. The molecule has 0 aromatic carbocycles. The van der Waals surface area contributed by atoms with Crippen molar-refractivity contribution in [3.05, 3.63) is 0 Å². The largest absolute Gasteiger partial charge is 0.449 e. The summed E-state index contributed by atoms with van der Waals surface area (Å²) in [6, 6.07) is 0. The summed E-state index contributed by atoms with van der Waals surface area (Å²) in [6.45, 7) is 7.77. The van der Waals surface area contributed by atoms with Gasteiger partial charge in [-0.1, -0.05) is 20.8 Å². The number of hydrogen-bond acceptors (Lipinski definition) is 3. The Morgan fingerprint density at radius 1 is 1.31 bits per heavy atom. The predicted octanol–water partition coefficient (Wildman–Crippen LogP) is 1.70. The Morgan fingerprint density at radius 3 is 2.23 bits per heavy atom. The van der Waals surface area contributed by atoms with Crippen molar-refractivity contribution in [2.24, 2.45) is 5.41 Å². The van der Waals surface area contributed by atoms with Crippen LogP contribution in [-0.2, 0) is 9.53 Å². The van der Waals surface area contributed by atoms with Crippen molar-refractivity contribution in [1.29, 1.82) is 0 Å². The van der Waals surface area contributed by atoms with Crippen LogP contribution in [0.4, 0.5) is 4.79 Å². The fraction of sp³-hybridized carbons (Fsp3) is 0.778. The molecule has 0 aromatic heterocycles. The van der Waals surface area contributed by atoms with Gasteiger partial charge in [0.05, 0.1) is 6.61 Å². The second-order valence-corrected chi connectivity index (χ2v) is 4.13. The standard InChI is InChI=1S/C9H17NO3/c1-7(11)10-8(12)13-6-5-9(2,3)4/h5-6H2,1-4H3,(H,10,11,12). The highest BCUT2D eigenvalue weighted by atomic mass is 16.5. The Hall–Kier alpha value is -1.06. The van der Waals surface area contributed by atoms with Crippen molar-refractivity contribution in [1.82, 2.24) is 5.32 Å². The van der Waals surface area contributed by atoms with Crippen LogP contribution in [0.3, 0.4) is 0 Å². The molecule has 0 unspecified atom stereocenters. The summed E-state index contributed by atoms with van der Waals surface area (Å²) in [5, 5.41) is 2.03. The van der Waals surface area contributed by atoms with Gasteiger partial charge >= 0.3 is 6.09 Å². The minimum atomic E-state index is -0.670. The van der Waals surface area contributed by atoms with Crippen LogP contribution in [-0.4, -0.2) is 18.6 Å². The number of carbonyl (C=O) groups is 2. The zero-order chi connectivity index (χ0) is 10.5. The van der Waals surface area contributed by atoms with E-state index in [0.29, 0.717) is 6.61 Å². The molecular weight excluding hydrogens is 170 g/mol. The molecule has 0 bridgehead atoms. The maximum atomic E-state index is 10.8. The molecule has 0 saturated heterocycles. The highest BCUT2D eigenvalue weighted by Gasteiger charge is 2.11. The molecule has 0 rings (SSSR count). The molecule has 0 aliphatic heterocycles. The van der Waals surface area contributed by atoms with Gasteiger partial charge in [-0.25, -0.2) is 4.79 Å². The van der Waals surface area contributed by atoms with Crippen LogP contribution in [0.1, 0.15) is 34.1 Å². The van der Waals surface area contributed by atoms with E-state index in [1.807, 2.05) is 5.32 Å². The molecule has 2 amide bonds. The molecule has 13 heavy (non-hydrogen) atoms. The quantitative estimate of drug-likeness (QED) is 0.715. The molecule has 1 N–H and O–H groups in total. The van der Waals surface area contributed by atoms with Crippen molar-refractivity contribution >= 4 is 12.0 Å². The molecule has 0 atom stereocenters. The van der Waals surface area contributed by atoms with Crippen molar-refractivity contribution in [2.45, 2.75) is 34.1 Å². The van der Waals surface area contributed by atoms with E-state index in [9.17, 15) is 9.59 Å². The summed E-state index contributed by atoms with van der Waals surface area (Å²) >= 11 is 0. The molecule has 4 heteroatoms. The zero-order valence-corrected chi connectivity index (χ0v) is 8.64. The molecule has 0 aliphatic rings. The third-order valence-electron chi connectivity index (χ3n) is 1.36. The summed E-state index contributed by atoms with van der Waals surface area (Å²) in [5.74, 6) is -0.402. The van der Waals surface area contributed by atoms with Gasteiger partial charge in [0, 0.05) is 6.92 Å². The number of alkyl carbamates (subject to hydrolysis) is 1. The van der Waals surface area contributed by atoms with Gasteiger partial charge < -0.3 is 4.74 Å². The van der Waals surface area contributed by atoms with Gasteiger partial charge in [-0.2, -0.15) is 0 Å². The number of hydrogen-bond donors (Lipinski definition) is 1. The number of amides is 2. The van der Waals surface area contributed by atoms with Crippen LogP contribution in [0.5, 0.6) is 0 Å². The number of nitrogens with one attached hydrogen (secondary N) is 1. The Balaban J connectivity index is 3.54. The molecule has 0 aliphatic carbocycles. The first-order chi connectivity index (χ1) is 5.81. The molecule has 76 valence electrons. The van der Waals surface area contributed by atoms with Gasteiger partial charge in [0.15, 0.2) is 0 Å². The summed E-state index contributed by atoms with van der Waals surface area (Å²) in [4.78, 5) is 21.2. The molecule has 0 radical (unpaired) electrons. The van der Waals surface area contributed by atoms with Crippen molar-refractivity contribution in [3.8, 4) is 0 Å². The second-order valence-electron chi connectivity index (χ2n) is 4.13. The lowest BCUT2D eigenvalue weighted by atomic mass is 9.93. The first-order valence-corrected chi connectivity index (χ1v) is 4.25. The van der Waals surface area contributed by atoms with Gasteiger partial charge in [0.2, 0.25) is 5.91 Å². The van der Waals surface area contributed by atoms with Crippen molar-refractivity contribution in [3.63, 3.8) is 0 Å². The van der Waals surface area contributed by atoms with Crippen LogP contribution >= 0.6 is 0 Å². The maximum absolute atomic E-state index is 10.8. The molecule has 0 saturated carbocycles. The fourth-order valence-corrected chi connectivity index (χ4v) is 0.630. The number of carbonyl (C=O) groups excluding carboxylic acids is 2. The van der Waals surface area contributed by atoms with Crippen LogP contribution in [0.25, 0.3) is 0 Å². The van der Waals surface area contributed by atoms with E-state index in [0.717, 1.165) is 6.42 Å². The Morgan fingerprint density at radius 2 is 1.85 bits per heavy atom. The van der Waals surface area contributed by atoms with Crippen LogP contribution in [0.2, 0.25) is 0 Å². The fourth-order valence-electron chi connectivity index (χ4n) is 0.630. The minimum Gasteiger partial charge on any atom is -0.449 e. The summed E-state index contributed by atoms with van der Waals surface area (Å²) in [5.41, 5.74) is 0.135. The van der Waals surface area contributed by atoms with Crippen molar-refractivity contribution in [2.75, 3.05) is 6.61 Å². The normalized spacial score (nSPS) is 10.8. The average Bonchev–Trinajstić information content (AvgIpc) is 1.81. The third kappa shape index (κ3) is 8.85. The summed E-state index contributed by atoms with van der Waals surface area (Å²) in [7, 11) is 0. The smallest absolute Gasteiger partial charge is 0.413 e. The lowest BCUT2D eigenvalue weighted by molar-refractivity contribution is -0.118. The van der Waals surface area contributed by atoms with Crippen LogP contribution < -0.4 is 5.32 Å². The molecular formula is C9H17NO3. The first-order valence-electron chi connectivity index (χ1n) is 4.25. The lowest BCUT2D eigenvalue weighted by Crippen LogP contribution is -2.29. The van der Waals surface area contributed by atoms with E-state index in [4.69, 9.17) is 4.74 Å². The van der Waals surface area contributed by atoms with E-state index in [2.05, 4.69) is 20.8 Å². The SMILES string of the molecule is CC(=O)NC(=O)OCCC(C)(C)C. The Labute approximate surface area is 78.6 Å². The average molecular weight is 187 g/mol. The summed E-state index contributed by atoms with van der Waals surface area (Å²) in [6.07, 6.45) is 0.106. The van der Waals surface area contributed by atoms with E-state index in [1.165, 1.54) is 6.92 Å². The van der Waals surface area contributed by atoms with Crippen LogP contribution in [0.15, 0.2) is 0 Å². The van der Waals surface area contributed by atoms with Gasteiger partial charge in [-0.05, 0) is 11.8 Å². The van der Waals surface area contributed by atoms with E-state index >= 15 is 0 Å². The highest BCUT2D eigenvalue weighted by molar-refractivity contribution is 5.90. The topological polar surface area (TPSA) is 55.4 Å². The predicted molar refractivity (Wildman–Crippen MR) is 49.2 cm³/mol. The monoisotopic (exact) mass is 187 g/mol. The minimum absolute atomic E-state index is 0.135. The number of imide groups is 1. The zero-order valence-electron chi connectivity index (χ0n) is 8.64. The molecule has 0 aromatic rings. The third-order valence-corrected chi connectivity index (χ3v) is 1.36. The number of rotatable bonds is 2. The van der Waals surface area contributed by atoms with E-state index < -0.39 is 12.0 Å². The summed E-state index contributed by atoms with van der Waals surface area (Å²) < 4.78 is 4.76. The molecule has 0 heterocycles. The Bertz CT molecular complexity index is 194. The van der Waals surface area contributed by atoms with Crippen LogP contribution in [0, 0.1) is 5.41 Å². The van der Waals surface area contributed by atoms with Gasteiger partial charge in [-0.15, -0.1) is 0 Å². The molecule has 0 spiro atoms.